The van der Waals surface area contributed by atoms with Gasteiger partial charge in [0, 0.05) is 32.1 Å². The molecule has 1 heteroatoms. The Morgan fingerprint density at radius 3 is 2.70 bits per heavy atom. The van der Waals surface area contributed by atoms with Gasteiger partial charge in [0.25, 0.3) is 0 Å². The van der Waals surface area contributed by atoms with Crippen LogP contribution in [0.15, 0.2) is 60.2 Å². The molecule has 112 valence electrons. The molecule has 1 atom stereocenters. The summed E-state index contributed by atoms with van der Waals surface area (Å²) in [6, 6.07) is 20.3. The molecule has 0 heterocycles. The van der Waals surface area contributed by atoms with E-state index >= 15 is 0 Å². The molecule has 0 saturated heterocycles. The summed E-state index contributed by atoms with van der Waals surface area (Å²) in [5, 5.41) is 2.91. The molecular formula is C22H19Zr-. The van der Waals surface area contributed by atoms with E-state index in [0.29, 0.717) is 5.92 Å². The fourth-order valence-corrected chi connectivity index (χ4v) is 4.48. The van der Waals surface area contributed by atoms with Crippen molar-refractivity contribution in [3.05, 3.63) is 82.4 Å². The Bertz CT molecular complexity index is 897. The largest absolute Gasteiger partial charge is 0.165 e. The minimum absolute atomic E-state index is 0. The normalized spacial score (nSPS) is 19.0. The van der Waals surface area contributed by atoms with E-state index in [-0.39, 0.29) is 26.2 Å². The fourth-order valence-electron chi connectivity index (χ4n) is 4.48. The molecule has 0 radical (unpaired) electrons. The van der Waals surface area contributed by atoms with Gasteiger partial charge in [-0.2, -0.15) is 6.07 Å². The van der Waals surface area contributed by atoms with E-state index in [1.54, 1.807) is 22.3 Å². The predicted molar refractivity (Wildman–Crippen MR) is 93.3 cm³/mol. The second kappa shape index (κ2) is 5.95. The van der Waals surface area contributed by atoms with Crippen LogP contribution in [0.2, 0.25) is 0 Å². The maximum Gasteiger partial charge on any atom is 0.00532 e. The van der Waals surface area contributed by atoms with Crippen LogP contribution < -0.4 is 0 Å². The van der Waals surface area contributed by atoms with Crippen molar-refractivity contribution in [1.82, 2.24) is 0 Å². The van der Waals surface area contributed by atoms with Crippen molar-refractivity contribution in [2.45, 2.75) is 31.6 Å². The van der Waals surface area contributed by atoms with Crippen molar-refractivity contribution < 1.29 is 26.2 Å². The van der Waals surface area contributed by atoms with Crippen LogP contribution in [0.1, 0.15) is 41.0 Å². The fraction of sp³-hybridized carbons (Fsp3) is 0.227. The van der Waals surface area contributed by atoms with Crippen LogP contribution in [-0.2, 0) is 39.0 Å². The molecule has 23 heavy (non-hydrogen) atoms. The van der Waals surface area contributed by atoms with E-state index in [9.17, 15) is 0 Å². The van der Waals surface area contributed by atoms with Gasteiger partial charge in [0.1, 0.15) is 0 Å². The van der Waals surface area contributed by atoms with E-state index < -0.39 is 0 Å². The Labute approximate surface area is 156 Å². The molecule has 2 aliphatic rings. The quantitative estimate of drug-likeness (QED) is 0.448. The molecule has 0 aliphatic heterocycles. The first-order valence-electron chi connectivity index (χ1n) is 8.36. The number of hydrogen-bond donors (Lipinski definition) is 0. The van der Waals surface area contributed by atoms with Crippen LogP contribution >= 0.6 is 0 Å². The Kier molecular flexibility index (Phi) is 3.94. The van der Waals surface area contributed by atoms with Crippen LogP contribution in [0.5, 0.6) is 0 Å². The van der Waals surface area contributed by atoms with E-state index in [1.165, 1.54) is 42.0 Å². The molecule has 3 aromatic rings. The minimum Gasteiger partial charge on any atom is -0.165 e. The Morgan fingerprint density at radius 1 is 0.913 bits per heavy atom. The summed E-state index contributed by atoms with van der Waals surface area (Å²) in [6.45, 7) is 0. The van der Waals surface area contributed by atoms with E-state index in [0.717, 1.165) is 0 Å². The Balaban J connectivity index is 0.00000135. The molecule has 2 aliphatic carbocycles. The number of aryl methyl sites for hydroxylation is 2. The van der Waals surface area contributed by atoms with Crippen molar-refractivity contribution >= 4 is 16.8 Å². The van der Waals surface area contributed by atoms with Gasteiger partial charge in [-0.3, -0.25) is 0 Å². The molecule has 0 saturated carbocycles. The molecule has 0 spiro atoms. The number of benzene rings is 2. The van der Waals surface area contributed by atoms with Crippen molar-refractivity contribution in [2.75, 3.05) is 0 Å². The standard InChI is InChI=1S/C22H19.Zr/c1-3-7-19-15(5-1)13-17-9-10-18-14-16-6-2-4-8-20(16)22(18)12-11-21(17)19;/h1-8,13-14,21H,9-12H2;/q-1;. The number of allylic oxidation sites excluding steroid dienone is 1. The topological polar surface area (TPSA) is 0 Å². The summed E-state index contributed by atoms with van der Waals surface area (Å²) in [5.74, 6) is 0.651. The second-order valence-electron chi connectivity index (χ2n) is 6.67. The van der Waals surface area contributed by atoms with Crippen molar-refractivity contribution in [2.24, 2.45) is 0 Å². The van der Waals surface area contributed by atoms with Gasteiger partial charge >= 0.3 is 0 Å². The van der Waals surface area contributed by atoms with Crippen LogP contribution in [0, 0.1) is 0 Å². The van der Waals surface area contributed by atoms with Crippen LogP contribution in [0.4, 0.5) is 0 Å². The predicted octanol–water partition coefficient (Wildman–Crippen LogP) is 5.62. The van der Waals surface area contributed by atoms with Crippen LogP contribution in [0.3, 0.4) is 0 Å². The molecule has 0 bridgehead atoms. The molecule has 0 N–H and O–H groups in total. The molecule has 1 unspecified atom stereocenters. The smallest absolute Gasteiger partial charge is 0.00532 e. The zero-order valence-electron chi connectivity index (χ0n) is 13.2. The summed E-state index contributed by atoms with van der Waals surface area (Å²) in [6.07, 6.45) is 7.32. The first-order valence-corrected chi connectivity index (χ1v) is 8.36. The van der Waals surface area contributed by atoms with E-state index in [2.05, 4.69) is 60.7 Å². The average Bonchev–Trinajstić information content (AvgIpc) is 3.06. The number of hydrogen-bond acceptors (Lipinski definition) is 0. The van der Waals surface area contributed by atoms with E-state index in [4.69, 9.17) is 0 Å². The summed E-state index contributed by atoms with van der Waals surface area (Å²) in [5.41, 5.74) is 7.85. The van der Waals surface area contributed by atoms with Gasteiger partial charge < -0.3 is 0 Å². The third-order valence-electron chi connectivity index (χ3n) is 5.53. The molecule has 0 amide bonds. The summed E-state index contributed by atoms with van der Waals surface area (Å²) in [4.78, 5) is 0. The molecule has 0 fully saturated rings. The summed E-state index contributed by atoms with van der Waals surface area (Å²) < 4.78 is 0. The van der Waals surface area contributed by atoms with Gasteiger partial charge in [-0.1, -0.05) is 48.4 Å². The van der Waals surface area contributed by atoms with Crippen molar-refractivity contribution in [1.29, 1.82) is 0 Å². The van der Waals surface area contributed by atoms with Crippen LogP contribution in [0.25, 0.3) is 16.8 Å². The first kappa shape index (κ1) is 15.2. The summed E-state index contributed by atoms with van der Waals surface area (Å²) in [7, 11) is 0. The minimum atomic E-state index is 0. The maximum atomic E-state index is 2.45. The van der Waals surface area contributed by atoms with Crippen molar-refractivity contribution in [3.63, 3.8) is 0 Å². The van der Waals surface area contributed by atoms with Crippen molar-refractivity contribution in [3.8, 4) is 0 Å². The Morgan fingerprint density at radius 2 is 1.74 bits per heavy atom. The zero-order chi connectivity index (χ0) is 14.5. The molecule has 3 aromatic carbocycles. The maximum absolute atomic E-state index is 2.45. The van der Waals surface area contributed by atoms with Gasteiger partial charge in [0.2, 0.25) is 0 Å². The zero-order valence-corrected chi connectivity index (χ0v) is 15.6. The van der Waals surface area contributed by atoms with Gasteiger partial charge in [-0.15, -0.1) is 40.1 Å². The van der Waals surface area contributed by atoms with E-state index in [1.807, 2.05) is 0 Å². The monoisotopic (exact) mass is 373 g/mol. The molecule has 0 aromatic heterocycles. The van der Waals surface area contributed by atoms with Crippen LogP contribution in [-0.4, -0.2) is 0 Å². The third-order valence-corrected chi connectivity index (χ3v) is 5.53. The molecule has 5 rings (SSSR count). The molecule has 0 nitrogen and oxygen atoms in total. The summed E-state index contributed by atoms with van der Waals surface area (Å²) >= 11 is 0. The molecular weight excluding hydrogens is 355 g/mol. The number of fused-ring (bicyclic) bond motifs is 6. The Hall–Kier alpha value is -1.33. The first-order chi connectivity index (χ1) is 10.9. The number of rotatable bonds is 0. The SMILES string of the molecule is C1=C2CCc3cc4ccccc4[c-]3CCC2c2ccccc21.[Zr]. The van der Waals surface area contributed by atoms with Gasteiger partial charge in [0.05, 0.1) is 0 Å². The van der Waals surface area contributed by atoms with Gasteiger partial charge in [-0.05, 0) is 30.4 Å². The third kappa shape index (κ3) is 2.41. The second-order valence-corrected chi connectivity index (χ2v) is 6.67. The van der Waals surface area contributed by atoms with Gasteiger partial charge in [-0.25, -0.2) is 0 Å². The van der Waals surface area contributed by atoms with Gasteiger partial charge in [0.15, 0.2) is 0 Å². The average molecular weight is 375 g/mol.